The summed E-state index contributed by atoms with van der Waals surface area (Å²) in [5, 5.41) is 11.1. The van der Waals surface area contributed by atoms with E-state index in [0.29, 0.717) is 22.1 Å². The van der Waals surface area contributed by atoms with Crippen LogP contribution in [0, 0.1) is 0 Å². The third kappa shape index (κ3) is 3.26. The van der Waals surface area contributed by atoms with Crippen molar-refractivity contribution in [2.45, 2.75) is 6.10 Å². The first-order valence-corrected chi connectivity index (χ1v) is 7.08. The van der Waals surface area contributed by atoms with E-state index >= 15 is 0 Å². The van der Waals surface area contributed by atoms with E-state index in [1.54, 1.807) is 50.6 Å². The van der Waals surface area contributed by atoms with Crippen molar-refractivity contribution in [3.05, 3.63) is 57.0 Å². The summed E-state index contributed by atoms with van der Waals surface area (Å²) in [5.74, 6) is 1.26. The van der Waals surface area contributed by atoms with Crippen molar-refractivity contribution in [2.24, 2.45) is 0 Å². The van der Waals surface area contributed by atoms with Gasteiger partial charge >= 0.3 is 0 Å². The summed E-state index contributed by atoms with van der Waals surface area (Å²) in [6.07, 6.45) is -0.800. The molecular formula is C15H14BrClO3. The molecule has 1 N–H and O–H groups in total. The highest BCUT2D eigenvalue weighted by atomic mass is 79.9. The van der Waals surface area contributed by atoms with Crippen LogP contribution in [0.1, 0.15) is 17.2 Å². The van der Waals surface area contributed by atoms with Crippen LogP contribution in [0.25, 0.3) is 0 Å². The van der Waals surface area contributed by atoms with E-state index in [2.05, 4.69) is 15.9 Å². The molecular weight excluding hydrogens is 344 g/mol. The number of aliphatic hydroxyl groups excluding tert-OH is 1. The van der Waals surface area contributed by atoms with Crippen molar-refractivity contribution < 1.29 is 14.6 Å². The molecule has 0 aliphatic rings. The van der Waals surface area contributed by atoms with Crippen LogP contribution < -0.4 is 9.47 Å². The number of methoxy groups -OCH3 is 2. The summed E-state index contributed by atoms with van der Waals surface area (Å²) < 4.78 is 11.2. The van der Waals surface area contributed by atoms with E-state index in [1.165, 1.54) is 0 Å². The van der Waals surface area contributed by atoms with Crippen molar-refractivity contribution in [1.29, 1.82) is 0 Å². The molecule has 5 heteroatoms. The van der Waals surface area contributed by atoms with Gasteiger partial charge in [0.1, 0.15) is 17.6 Å². The number of hydrogen-bond donors (Lipinski definition) is 1. The molecule has 0 spiro atoms. The van der Waals surface area contributed by atoms with E-state index in [1.807, 2.05) is 0 Å². The SMILES string of the molecule is COc1cc(OC)cc(C(O)c2ccc(Cl)cc2Br)c1. The lowest BCUT2D eigenvalue weighted by atomic mass is 10.0. The molecule has 0 amide bonds. The average molecular weight is 358 g/mol. The van der Waals surface area contributed by atoms with Gasteiger partial charge in [0.15, 0.2) is 0 Å². The fourth-order valence-electron chi connectivity index (χ4n) is 1.89. The molecule has 1 atom stereocenters. The Balaban J connectivity index is 2.44. The minimum atomic E-state index is -0.800. The van der Waals surface area contributed by atoms with Gasteiger partial charge in [-0.25, -0.2) is 0 Å². The van der Waals surface area contributed by atoms with Crippen LogP contribution in [0.5, 0.6) is 11.5 Å². The van der Waals surface area contributed by atoms with E-state index in [0.717, 1.165) is 10.0 Å². The van der Waals surface area contributed by atoms with E-state index < -0.39 is 6.10 Å². The second-order valence-corrected chi connectivity index (χ2v) is 5.51. The Hall–Kier alpha value is -1.23. The van der Waals surface area contributed by atoms with Gasteiger partial charge < -0.3 is 14.6 Å². The predicted octanol–water partition coefficient (Wildman–Crippen LogP) is 4.20. The first-order valence-electron chi connectivity index (χ1n) is 5.91. The standard InChI is InChI=1S/C15H14BrClO3/c1-19-11-5-9(6-12(8-11)20-2)15(18)13-4-3-10(17)7-14(13)16/h3-8,15,18H,1-2H3. The molecule has 0 fully saturated rings. The quantitative estimate of drug-likeness (QED) is 0.891. The van der Waals surface area contributed by atoms with Crippen LogP contribution in [-0.4, -0.2) is 19.3 Å². The lowest BCUT2D eigenvalue weighted by Crippen LogP contribution is -2.02. The summed E-state index contributed by atoms with van der Waals surface area (Å²) in [6.45, 7) is 0. The number of halogens is 2. The Bertz CT molecular complexity index is 594. The zero-order valence-corrected chi connectivity index (χ0v) is 13.4. The monoisotopic (exact) mass is 356 g/mol. The molecule has 0 bridgehead atoms. The zero-order valence-electron chi connectivity index (χ0n) is 11.1. The van der Waals surface area contributed by atoms with Crippen molar-refractivity contribution in [2.75, 3.05) is 14.2 Å². The molecule has 2 aromatic carbocycles. The van der Waals surface area contributed by atoms with Crippen molar-refractivity contribution in [3.8, 4) is 11.5 Å². The molecule has 0 saturated heterocycles. The highest BCUT2D eigenvalue weighted by Crippen LogP contribution is 2.34. The topological polar surface area (TPSA) is 38.7 Å². The average Bonchev–Trinajstić information content (AvgIpc) is 2.46. The van der Waals surface area contributed by atoms with Crippen LogP contribution >= 0.6 is 27.5 Å². The number of hydrogen-bond acceptors (Lipinski definition) is 3. The normalized spacial score (nSPS) is 12.1. The van der Waals surface area contributed by atoms with Gasteiger partial charge in [0, 0.05) is 15.6 Å². The van der Waals surface area contributed by atoms with E-state index in [9.17, 15) is 5.11 Å². The van der Waals surface area contributed by atoms with Crippen LogP contribution in [0.2, 0.25) is 5.02 Å². The first-order chi connectivity index (χ1) is 9.55. The highest BCUT2D eigenvalue weighted by Gasteiger charge is 2.16. The molecule has 0 radical (unpaired) electrons. The van der Waals surface area contributed by atoms with Crippen LogP contribution in [-0.2, 0) is 0 Å². The Labute approximate surface area is 131 Å². The van der Waals surface area contributed by atoms with Gasteiger partial charge in [-0.15, -0.1) is 0 Å². The molecule has 1 unspecified atom stereocenters. The molecule has 0 heterocycles. The fraction of sp³-hybridized carbons (Fsp3) is 0.200. The maximum Gasteiger partial charge on any atom is 0.122 e. The smallest absolute Gasteiger partial charge is 0.122 e. The fourth-order valence-corrected chi connectivity index (χ4v) is 2.79. The lowest BCUT2D eigenvalue weighted by Gasteiger charge is -2.16. The van der Waals surface area contributed by atoms with Gasteiger partial charge in [-0.3, -0.25) is 0 Å². The molecule has 0 aromatic heterocycles. The van der Waals surface area contributed by atoms with Gasteiger partial charge in [-0.2, -0.15) is 0 Å². The molecule has 106 valence electrons. The summed E-state index contributed by atoms with van der Waals surface area (Å²) in [7, 11) is 3.15. The van der Waals surface area contributed by atoms with Crippen LogP contribution in [0.4, 0.5) is 0 Å². The Kier molecular flexibility index (Phi) is 4.91. The maximum absolute atomic E-state index is 10.5. The summed E-state index contributed by atoms with van der Waals surface area (Å²) >= 11 is 9.32. The third-order valence-electron chi connectivity index (χ3n) is 2.95. The second-order valence-electron chi connectivity index (χ2n) is 4.21. The molecule has 2 aromatic rings. The zero-order chi connectivity index (χ0) is 14.7. The first kappa shape index (κ1) is 15.2. The van der Waals surface area contributed by atoms with E-state index in [4.69, 9.17) is 21.1 Å². The highest BCUT2D eigenvalue weighted by molar-refractivity contribution is 9.10. The van der Waals surface area contributed by atoms with Crippen molar-refractivity contribution in [3.63, 3.8) is 0 Å². The largest absolute Gasteiger partial charge is 0.497 e. The maximum atomic E-state index is 10.5. The Morgan fingerprint density at radius 3 is 2.15 bits per heavy atom. The Morgan fingerprint density at radius 1 is 1.05 bits per heavy atom. The van der Waals surface area contributed by atoms with Crippen molar-refractivity contribution >= 4 is 27.5 Å². The van der Waals surface area contributed by atoms with Gasteiger partial charge in [-0.05, 0) is 35.4 Å². The molecule has 0 saturated carbocycles. The molecule has 20 heavy (non-hydrogen) atoms. The number of rotatable bonds is 4. The number of aliphatic hydroxyl groups is 1. The molecule has 0 aliphatic carbocycles. The minimum absolute atomic E-state index is 0.607. The molecule has 0 aliphatic heterocycles. The number of ether oxygens (including phenoxy) is 2. The summed E-state index contributed by atoms with van der Waals surface area (Å²) in [5.41, 5.74) is 1.41. The summed E-state index contributed by atoms with van der Waals surface area (Å²) in [4.78, 5) is 0. The minimum Gasteiger partial charge on any atom is -0.497 e. The summed E-state index contributed by atoms with van der Waals surface area (Å²) in [6, 6.07) is 10.6. The molecule has 2 rings (SSSR count). The van der Waals surface area contributed by atoms with E-state index in [-0.39, 0.29) is 0 Å². The van der Waals surface area contributed by atoms with Gasteiger partial charge in [0.05, 0.1) is 14.2 Å². The van der Waals surface area contributed by atoms with Crippen LogP contribution in [0.15, 0.2) is 40.9 Å². The van der Waals surface area contributed by atoms with Crippen molar-refractivity contribution in [1.82, 2.24) is 0 Å². The lowest BCUT2D eigenvalue weighted by molar-refractivity contribution is 0.218. The number of benzene rings is 2. The second kappa shape index (κ2) is 6.48. The van der Waals surface area contributed by atoms with Crippen LogP contribution in [0.3, 0.4) is 0 Å². The molecule has 3 nitrogen and oxygen atoms in total. The van der Waals surface area contributed by atoms with Gasteiger partial charge in [0.25, 0.3) is 0 Å². The predicted molar refractivity (Wildman–Crippen MR) is 82.8 cm³/mol. The Morgan fingerprint density at radius 2 is 1.65 bits per heavy atom. The third-order valence-corrected chi connectivity index (χ3v) is 3.87. The van der Waals surface area contributed by atoms with Gasteiger partial charge in [-0.1, -0.05) is 33.6 Å². The van der Waals surface area contributed by atoms with Gasteiger partial charge in [0.2, 0.25) is 0 Å².